The highest BCUT2D eigenvalue weighted by molar-refractivity contribution is 7.92. The Kier molecular flexibility index (Phi) is 6.70. The van der Waals surface area contributed by atoms with Gasteiger partial charge in [0.05, 0.1) is 16.1 Å². The zero-order valence-electron chi connectivity index (χ0n) is 14.7. The monoisotopic (exact) mass is 379 g/mol. The maximum Gasteiger partial charge on any atom is 0.261 e. The number of hydrogen-bond acceptors (Lipinski definition) is 4. The molecule has 0 heterocycles. The van der Waals surface area contributed by atoms with Gasteiger partial charge in [-0.15, -0.1) is 0 Å². The van der Waals surface area contributed by atoms with E-state index in [1.165, 1.54) is 31.2 Å². The highest BCUT2D eigenvalue weighted by atomic mass is 32.2. The van der Waals surface area contributed by atoms with Crippen LogP contribution >= 0.6 is 0 Å². The van der Waals surface area contributed by atoms with Crippen LogP contribution in [-0.4, -0.2) is 34.0 Å². The normalized spacial score (nSPS) is 11.2. The van der Waals surface area contributed by atoms with Gasteiger partial charge in [-0.05, 0) is 49.4 Å². The minimum absolute atomic E-state index is 0.0706. The maximum absolute atomic E-state index is 13.4. The number of benzene rings is 2. The van der Waals surface area contributed by atoms with Crippen molar-refractivity contribution in [2.75, 3.05) is 24.4 Å². The zero-order valence-corrected chi connectivity index (χ0v) is 15.5. The van der Waals surface area contributed by atoms with Gasteiger partial charge in [-0.25, -0.2) is 12.8 Å². The van der Waals surface area contributed by atoms with E-state index < -0.39 is 15.8 Å². The second-order valence-corrected chi connectivity index (χ2v) is 7.35. The van der Waals surface area contributed by atoms with E-state index in [2.05, 4.69) is 15.4 Å². The lowest BCUT2D eigenvalue weighted by Crippen LogP contribution is -2.32. The first-order valence-electron chi connectivity index (χ1n) is 8.22. The van der Waals surface area contributed by atoms with E-state index in [0.29, 0.717) is 13.1 Å². The molecule has 0 fully saturated rings. The number of hydrogen-bond donors (Lipinski definition) is 3. The molecule has 2 aromatic carbocycles. The van der Waals surface area contributed by atoms with E-state index in [1.807, 2.05) is 6.92 Å². The lowest BCUT2D eigenvalue weighted by atomic mass is 10.1. The van der Waals surface area contributed by atoms with E-state index in [0.717, 1.165) is 12.6 Å². The van der Waals surface area contributed by atoms with Gasteiger partial charge in [-0.3, -0.25) is 9.52 Å². The number of likely N-dealkylation sites (N-methyl/N-ethyl adjacent to an activating group) is 1. The van der Waals surface area contributed by atoms with Gasteiger partial charge in [-0.2, -0.15) is 0 Å². The van der Waals surface area contributed by atoms with Gasteiger partial charge in [-0.1, -0.05) is 19.1 Å². The average Bonchev–Trinajstić information content (AvgIpc) is 2.61. The van der Waals surface area contributed by atoms with Crippen LogP contribution in [0.1, 0.15) is 22.8 Å². The number of sulfonamides is 1. The number of carbonyl (C=O) groups is 1. The molecule has 26 heavy (non-hydrogen) atoms. The van der Waals surface area contributed by atoms with E-state index in [9.17, 15) is 17.6 Å². The molecule has 2 aromatic rings. The zero-order chi connectivity index (χ0) is 19.2. The summed E-state index contributed by atoms with van der Waals surface area (Å²) in [6.45, 7) is 5.28. The standard InChI is InChI=1S/C18H22FN3O3S/c1-3-20-10-11-21-18(23)15-6-4-5-7-17(15)22-26(24,25)14-8-9-16(19)13(2)12-14/h4-9,12,20,22H,3,10-11H2,1-2H3,(H,21,23). The van der Waals surface area contributed by atoms with E-state index in [-0.39, 0.29) is 27.6 Å². The molecule has 0 unspecified atom stereocenters. The molecule has 3 N–H and O–H groups in total. The summed E-state index contributed by atoms with van der Waals surface area (Å²) in [6.07, 6.45) is 0. The first-order valence-corrected chi connectivity index (χ1v) is 9.70. The SMILES string of the molecule is CCNCCNC(=O)c1ccccc1NS(=O)(=O)c1ccc(F)c(C)c1. The molecule has 0 bridgehead atoms. The highest BCUT2D eigenvalue weighted by Gasteiger charge is 2.19. The van der Waals surface area contributed by atoms with Crippen molar-refractivity contribution in [1.82, 2.24) is 10.6 Å². The largest absolute Gasteiger partial charge is 0.351 e. The molecule has 0 atom stereocenters. The maximum atomic E-state index is 13.4. The van der Waals surface area contributed by atoms with Crippen LogP contribution in [0.2, 0.25) is 0 Å². The molecule has 0 aliphatic rings. The van der Waals surface area contributed by atoms with Crippen LogP contribution < -0.4 is 15.4 Å². The van der Waals surface area contributed by atoms with E-state index >= 15 is 0 Å². The number of rotatable bonds is 8. The quantitative estimate of drug-likeness (QED) is 0.614. The molecule has 2 rings (SSSR count). The summed E-state index contributed by atoms with van der Waals surface area (Å²) < 4.78 is 40.9. The molecular weight excluding hydrogens is 357 g/mol. The van der Waals surface area contributed by atoms with Crippen LogP contribution in [0.25, 0.3) is 0 Å². The Morgan fingerprint density at radius 3 is 2.54 bits per heavy atom. The lowest BCUT2D eigenvalue weighted by Gasteiger charge is -2.13. The minimum Gasteiger partial charge on any atom is -0.351 e. The van der Waals surface area contributed by atoms with Gasteiger partial charge in [0.25, 0.3) is 15.9 Å². The predicted molar refractivity (Wildman–Crippen MR) is 99.3 cm³/mol. The van der Waals surface area contributed by atoms with Gasteiger partial charge in [0.15, 0.2) is 0 Å². The Hall–Kier alpha value is -2.45. The summed E-state index contributed by atoms with van der Waals surface area (Å²) in [4.78, 5) is 12.3. The number of carbonyl (C=O) groups excluding carboxylic acids is 1. The van der Waals surface area contributed by atoms with Crippen LogP contribution in [-0.2, 0) is 10.0 Å². The smallest absolute Gasteiger partial charge is 0.261 e. The van der Waals surface area contributed by atoms with Gasteiger partial charge in [0.1, 0.15) is 5.82 Å². The highest BCUT2D eigenvalue weighted by Crippen LogP contribution is 2.21. The summed E-state index contributed by atoms with van der Waals surface area (Å²) in [5.41, 5.74) is 0.601. The van der Waals surface area contributed by atoms with Crippen molar-refractivity contribution >= 4 is 21.6 Å². The van der Waals surface area contributed by atoms with Crippen molar-refractivity contribution in [3.05, 3.63) is 59.4 Å². The minimum atomic E-state index is -3.95. The van der Waals surface area contributed by atoms with Gasteiger partial charge < -0.3 is 10.6 Å². The van der Waals surface area contributed by atoms with Crippen molar-refractivity contribution in [1.29, 1.82) is 0 Å². The molecule has 1 amide bonds. The molecule has 8 heteroatoms. The number of anilines is 1. The van der Waals surface area contributed by atoms with Crippen molar-refractivity contribution in [2.24, 2.45) is 0 Å². The first-order chi connectivity index (χ1) is 12.3. The molecule has 6 nitrogen and oxygen atoms in total. The second kappa shape index (κ2) is 8.77. The van der Waals surface area contributed by atoms with Crippen molar-refractivity contribution in [3.63, 3.8) is 0 Å². The summed E-state index contributed by atoms with van der Waals surface area (Å²) in [6, 6.07) is 9.86. The van der Waals surface area contributed by atoms with Crippen molar-refractivity contribution in [2.45, 2.75) is 18.7 Å². The summed E-state index contributed by atoms with van der Waals surface area (Å²) >= 11 is 0. The molecule has 0 saturated heterocycles. The number of nitrogens with one attached hydrogen (secondary N) is 3. The Balaban J connectivity index is 2.21. The van der Waals surface area contributed by atoms with Gasteiger partial charge in [0.2, 0.25) is 0 Å². The van der Waals surface area contributed by atoms with Crippen molar-refractivity contribution in [3.8, 4) is 0 Å². The second-order valence-electron chi connectivity index (χ2n) is 5.67. The molecule has 0 saturated carbocycles. The molecule has 0 aliphatic carbocycles. The van der Waals surface area contributed by atoms with Crippen LogP contribution in [0.15, 0.2) is 47.4 Å². The topological polar surface area (TPSA) is 87.3 Å². The summed E-state index contributed by atoms with van der Waals surface area (Å²) in [5, 5.41) is 5.81. The molecule has 0 aliphatic heterocycles. The first kappa shape index (κ1) is 19.9. The van der Waals surface area contributed by atoms with Crippen LogP contribution in [0.3, 0.4) is 0 Å². The molecule has 0 radical (unpaired) electrons. The molecule has 0 spiro atoms. The fraction of sp³-hybridized carbons (Fsp3) is 0.278. The van der Waals surface area contributed by atoms with Crippen molar-refractivity contribution < 1.29 is 17.6 Å². The lowest BCUT2D eigenvalue weighted by molar-refractivity contribution is 0.0955. The Morgan fingerprint density at radius 1 is 1.12 bits per heavy atom. The third kappa shape index (κ3) is 5.03. The Morgan fingerprint density at radius 2 is 1.85 bits per heavy atom. The summed E-state index contributed by atoms with van der Waals surface area (Å²) in [5.74, 6) is -0.860. The van der Waals surface area contributed by atoms with Crippen LogP contribution in [0.5, 0.6) is 0 Å². The number of halogens is 1. The van der Waals surface area contributed by atoms with E-state index in [4.69, 9.17) is 0 Å². The third-order valence-electron chi connectivity index (χ3n) is 3.69. The predicted octanol–water partition coefficient (Wildman–Crippen LogP) is 2.27. The average molecular weight is 379 g/mol. The Labute approximate surface area is 152 Å². The number of amides is 1. The molecule has 140 valence electrons. The fourth-order valence-corrected chi connectivity index (χ4v) is 3.46. The van der Waals surface area contributed by atoms with Crippen LogP contribution in [0.4, 0.5) is 10.1 Å². The van der Waals surface area contributed by atoms with Gasteiger partial charge >= 0.3 is 0 Å². The fourth-order valence-electron chi connectivity index (χ4n) is 2.29. The molecule has 0 aromatic heterocycles. The Bertz CT molecular complexity index is 885. The number of para-hydroxylation sites is 1. The van der Waals surface area contributed by atoms with E-state index in [1.54, 1.807) is 12.1 Å². The van der Waals surface area contributed by atoms with Gasteiger partial charge in [0, 0.05) is 13.1 Å². The number of aryl methyl sites for hydroxylation is 1. The molecular formula is C18H22FN3O3S. The third-order valence-corrected chi connectivity index (χ3v) is 5.06. The van der Waals surface area contributed by atoms with Crippen LogP contribution in [0, 0.1) is 12.7 Å². The summed E-state index contributed by atoms with van der Waals surface area (Å²) in [7, 11) is -3.95.